The van der Waals surface area contributed by atoms with Crippen molar-refractivity contribution in [1.29, 1.82) is 0 Å². The Morgan fingerprint density at radius 3 is 2.48 bits per heavy atom. The van der Waals surface area contributed by atoms with Gasteiger partial charge in [-0.3, -0.25) is 14.6 Å². The van der Waals surface area contributed by atoms with Gasteiger partial charge < -0.3 is 9.47 Å². The molecular weight excluding hydrogens is 387 g/mol. The Labute approximate surface area is 156 Å². The average molecular weight is 400 g/mol. The molecule has 27 heavy (non-hydrogen) atoms. The number of ether oxygens (including phenoxy) is 2. The molecule has 0 amide bonds. The van der Waals surface area contributed by atoms with Crippen LogP contribution in [0.3, 0.4) is 0 Å². The van der Waals surface area contributed by atoms with E-state index in [1.807, 2.05) is 0 Å². The zero-order chi connectivity index (χ0) is 19.3. The Kier molecular flexibility index (Phi) is 4.44. The second kappa shape index (κ2) is 6.54. The van der Waals surface area contributed by atoms with E-state index in [0.717, 1.165) is 6.07 Å². The van der Waals surface area contributed by atoms with Crippen LogP contribution >= 0.6 is 11.6 Å². The number of nitrogens with zero attached hydrogens (tertiary/aromatic N) is 1. The van der Waals surface area contributed by atoms with Gasteiger partial charge in [0.2, 0.25) is 0 Å². The highest BCUT2D eigenvalue weighted by atomic mass is 35.5. The van der Waals surface area contributed by atoms with Crippen LogP contribution in [0.1, 0.15) is 17.0 Å². The van der Waals surface area contributed by atoms with Crippen molar-refractivity contribution in [3.8, 4) is 0 Å². The van der Waals surface area contributed by atoms with Gasteiger partial charge in [0.15, 0.2) is 11.6 Å². The van der Waals surface area contributed by atoms with E-state index < -0.39 is 28.6 Å². The highest BCUT2D eigenvalue weighted by Gasteiger charge is 2.45. The number of alkyl halides is 3. The number of fused-ring (bicyclic) bond motifs is 1. The van der Waals surface area contributed by atoms with Gasteiger partial charge in [-0.15, -0.1) is 0 Å². The monoisotopic (exact) mass is 399 g/mol. The first-order valence-electron chi connectivity index (χ1n) is 8.16. The third kappa shape index (κ3) is 3.11. The van der Waals surface area contributed by atoms with Crippen molar-refractivity contribution in [2.45, 2.75) is 12.1 Å². The first kappa shape index (κ1) is 18.3. The van der Waals surface area contributed by atoms with Crippen molar-refractivity contribution in [2.24, 2.45) is 10.9 Å². The van der Waals surface area contributed by atoms with Gasteiger partial charge in [0.1, 0.15) is 13.2 Å². The molecule has 1 fully saturated rings. The summed E-state index contributed by atoms with van der Waals surface area (Å²) in [6.07, 6.45) is -4.60. The van der Waals surface area contributed by atoms with Crippen LogP contribution in [0.2, 0.25) is 5.02 Å². The van der Waals surface area contributed by atoms with Gasteiger partial charge in [-0.05, 0) is 17.7 Å². The van der Waals surface area contributed by atoms with E-state index in [4.69, 9.17) is 21.1 Å². The van der Waals surface area contributed by atoms with Crippen molar-refractivity contribution in [1.82, 2.24) is 0 Å². The van der Waals surface area contributed by atoms with E-state index >= 15 is 0 Å². The minimum absolute atomic E-state index is 0.0936. The number of aliphatic imine (C=N–C) groups is 1. The standard InChI is InChI=1S/C18H13ClF3NO4/c19-10-3-8(1-2-9(10)18(20,21)22)15-16-11(4-26-6-13(16)24)23-12-5-27-7-14(25)17(12)15/h1-3,15-16H,4-7H2. The van der Waals surface area contributed by atoms with Crippen LogP contribution in [0, 0.1) is 5.92 Å². The molecule has 9 heteroatoms. The highest BCUT2D eigenvalue weighted by Crippen LogP contribution is 2.44. The van der Waals surface area contributed by atoms with Crippen LogP contribution in [-0.2, 0) is 25.2 Å². The Morgan fingerprint density at radius 2 is 1.78 bits per heavy atom. The minimum atomic E-state index is -4.60. The molecule has 3 aliphatic rings. The van der Waals surface area contributed by atoms with Crippen LogP contribution in [0.25, 0.3) is 0 Å². The molecule has 142 valence electrons. The molecule has 0 bridgehead atoms. The number of halogens is 4. The lowest BCUT2D eigenvalue weighted by molar-refractivity contribution is -0.137. The predicted molar refractivity (Wildman–Crippen MR) is 88.8 cm³/mol. The zero-order valence-electron chi connectivity index (χ0n) is 13.8. The second-order valence-electron chi connectivity index (χ2n) is 6.53. The largest absolute Gasteiger partial charge is 0.417 e. The molecule has 0 radical (unpaired) electrons. The maximum atomic E-state index is 13.0. The van der Waals surface area contributed by atoms with Crippen molar-refractivity contribution in [3.63, 3.8) is 0 Å². The molecule has 0 aliphatic carbocycles. The second-order valence-corrected chi connectivity index (χ2v) is 6.94. The van der Waals surface area contributed by atoms with Gasteiger partial charge in [-0.1, -0.05) is 17.7 Å². The van der Waals surface area contributed by atoms with Crippen LogP contribution in [0.15, 0.2) is 34.5 Å². The van der Waals surface area contributed by atoms with Crippen LogP contribution in [0.4, 0.5) is 13.2 Å². The van der Waals surface area contributed by atoms with Gasteiger partial charge in [0.05, 0.1) is 41.1 Å². The summed E-state index contributed by atoms with van der Waals surface area (Å²) in [6.45, 7) is -0.0869. The van der Waals surface area contributed by atoms with E-state index in [1.165, 1.54) is 12.1 Å². The van der Waals surface area contributed by atoms with E-state index in [-0.39, 0.29) is 38.0 Å². The third-order valence-corrected chi connectivity index (χ3v) is 5.18. The number of carbonyl (C=O) groups is 2. The number of rotatable bonds is 1. The van der Waals surface area contributed by atoms with Crippen molar-refractivity contribution >= 4 is 28.9 Å². The summed E-state index contributed by atoms with van der Waals surface area (Å²) in [4.78, 5) is 29.4. The van der Waals surface area contributed by atoms with Gasteiger partial charge in [0.25, 0.3) is 0 Å². The molecule has 5 nitrogen and oxygen atoms in total. The average Bonchev–Trinajstić information content (AvgIpc) is 2.59. The van der Waals surface area contributed by atoms with E-state index in [2.05, 4.69) is 4.99 Å². The molecule has 0 saturated carbocycles. The molecule has 1 aromatic rings. The molecule has 2 unspecified atom stereocenters. The maximum Gasteiger partial charge on any atom is 0.417 e. The van der Waals surface area contributed by atoms with Gasteiger partial charge in [-0.25, -0.2) is 0 Å². The summed E-state index contributed by atoms with van der Waals surface area (Å²) in [5, 5.41) is -0.481. The first-order valence-corrected chi connectivity index (χ1v) is 8.53. The topological polar surface area (TPSA) is 65.0 Å². The molecule has 1 saturated heterocycles. The summed E-state index contributed by atoms with van der Waals surface area (Å²) in [5.74, 6) is -2.11. The predicted octanol–water partition coefficient (Wildman–Crippen LogP) is 2.97. The lowest BCUT2D eigenvalue weighted by Gasteiger charge is -2.37. The van der Waals surface area contributed by atoms with E-state index in [1.54, 1.807) is 0 Å². The number of Topliss-reactive ketones (excluding diaryl/α,β-unsaturated/α-hetero) is 2. The molecular formula is C18H13ClF3NO4. The van der Waals surface area contributed by atoms with Crippen molar-refractivity contribution in [2.75, 3.05) is 26.4 Å². The summed E-state index contributed by atoms with van der Waals surface area (Å²) in [5.41, 5.74) is 0.536. The normalized spacial score (nSPS) is 25.9. The summed E-state index contributed by atoms with van der Waals surface area (Å²) in [7, 11) is 0. The number of carbonyl (C=O) groups excluding carboxylic acids is 2. The molecule has 3 heterocycles. The smallest absolute Gasteiger partial charge is 0.368 e. The lowest BCUT2D eigenvalue weighted by atomic mass is 9.71. The SMILES string of the molecule is O=C1COCC2=C1C(c1ccc(C(F)(F)F)c(Cl)c1)C1C(=O)COCC1=N2. The van der Waals surface area contributed by atoms with Crippen LogP contribution < -0.4 is 0 Å². The molecule has 0 N–H and O–H groups in total. The molecule has 3 aliphatic heterocycles. The minimum Gasteiger partial charge on any atom is -0.368 e. The van der Waals surface area contributed by atoms with Crippen LogP contribution in [0.5, 0.6) is 0 Å². The van der Waals surface area contributed by atoms with Gasteiger partial charge >= 0.3 is 6.18 Å². The zero-order valence-corrected chi connectivity index (χ0v) is 14.6. The van der Waals surface area contributed by atoms with Crippen LogP contribution in [-0.4, -0.2) is 43.7 Å². The lowest BCUT2D eigenvalue weighted by Crippen LogP contribution is -2.45. The molecule has 4 rings (SSSR count). The van der Waals surface area contributed by atoms with Gasteiger partial charge in [0, 0.05) is 11.5 Å². The van der Waals surface area contributed by atoms with E-state index in [9.17, 15) is 22.8 Å². The molecule has 2 atom stereocenters. The number of ketones is 2. The molecule has 0 spiro atoms. The van der Waals surface area contributed by atoms with Gasteiger partial charge in [-0.2, -0.15) is 13.2 Å². The summed E-state index contributed by atoms with van der Waals surface area (Å²) >= 11 is 5.87. The number of hydrogen-bond acceptors (Lipinski definition) is 5. The Balaban J connectivity index is 1.87. The Hall–Kier alpha value is -2.03. The Bertz CT molecular complexity index is 906. The number of benzene rings is 1. The van der Waals surface area contributed by atoms with E-state index in [0.29, 0.717) is 22.5 Å². The molecule has 1 aromatic carbocycles. The summed E-state index contributed by atoms with van der Waals surface area (Å²) < 4.78 is 49.5. The summed E-state index contributed by atoms with van der Waals surface area (Å²) in [6, 6.07) is 3.31. The maximum absolute atomic E-state index is 13.0. The Morgan fingerprint density at radius 1 is 1.04 bits per heavy atom. The first-order chi connectivity index (χ1) is 12.8. The quantitative estimate of drug-likeness (QED) is 0.728. The fourth-order valence-electron chi connectivity index (χ4n) is 3.76. The highest BCUT2D eigenvalue weighted by molar-refractivity contribution is 6.31. The fourth-order valence-corrected chi connectivity index (χ4v) is 4.05. The third-order valence-electron chi connectivity index (χ3n) is 4.86. The molecule has 0 aromatic heterocycles. The number of hydrogen-bond donors (Lipinski definition) is 0. The van der Waals surface area contributed by atoms with Crippen molar-refractivity contribution in [3.05, 3.63) is 45.6 Å². The van der Waals surface area contributed by atoms with Crippen molar-refractivity contribution < 1.29 is 32.2 Å². The fraction of sp³-hybridized carbons (Fsp3) is 0.389.